The van der Waals surface area contributed by atoms with Crippen LogP contribution in [0.25, 0.3) is 10.9 Å². The van der Waals surface area contributed by atoms with Crippen LogP contribution in [-0.2, 0) is 6.42 Å². The van der Waals surface area contributed by atoms with E-state index in [1.54, 1.807) is 18.2 Å². The number of carbonyl (C=O) groups is 1. The van der Waals surface area contributed by atoms with Crippen LogP contribution in [0.15, 0.2) is 47.3 Å². The summed E-state index contributed by atoms with van der Waals surface area (Å²) in [5, 5.41) is 3.85. The Balaban J connectivity index is 1.74. The van der Waals surface area contributed by atoms with Crippen molar-refractivity contribution in [1.29, 1.82) is 0 Å². The van der Waals surface area contributed by atoms with Gasteiger partial charge in [0.2, 0.25) is 0 Å². The zero-order chi connectivity index (χ0) is 18.7. The van der Waals surface area contributed by atoms with E-state index in [1.807, 2.05) is 38.1 Å². The van der Waals surface area contributed by atoms with Crippen LogP contribution in [0.1, 0.15) is 27.0 Å². The number of aryl methyl sites for hydroxylation is 2. The molecule has 5 heteroatoms. The zero-order valence-corrected chi connectivity index (χ0v) is 15.2. The highest BCUT2D eigenvalue weighted by Crippen LogP contribution is 2.19. The van der Waals surface area contributed by atoms with Gasteiger partial charge in [0.15, 0.2) is 0 Å². The van der Waals surface area contributed by atoms with Crippen molar-refractivity contribution in [3.05, 3.63) is 75.1 Å². The summed E-state index contributed by atoms with van der Waals surface area (Å²) in [4.78, 5) is 27.6. The number of aromatic nitrogens is 1. The Morgan fingerprint density at radius 2 is 1.92 bits per heavy atom. The minimum atomic E-state index is -0.217. The number of carbonyl (C=O) groups excluding carboxylic acids is 1. The van der Waals surface area contributed by atoms with Crippen molar-refractivity contribution >= 4 is 16.8 Å². The van der Waals surface area contributed by atoms with Gasteiger partial charge in [-0.3, -0.25) is 9.59 Å². The van der Waals surface area contributed by atoms with Gasteiger partial charge >= 0.3 is 0 Å². The first-order chi connectivity index (χ1) is 12.5. The fourth-order valence-electron chi connectivity index (χ4n) is 2.99. The Hall–Kier alpha value is -3.08. The van der Waals surface area contributed by atoms with Crippen molar-refractivity contribution in [3.63, 3.8) is 0 Å². The van der Waals surface area contributed by atoms with Crippen LogP contribution in [0.2, 0.25) is 0 Å². The summed E-state index contributed by atoms with van der Waals surface area (Å²) in [6.07, 6.45) is 0.457. The Morgan fingerprint density at radius 3 is 2.69 bits per heavy atom. The second kappa shape index (κ2) is 7.44. The van der Waals surface area contributed by atoms with E-state index in [4.69, 9.17) is 4.74 Å². The number of rotatable bonds is 5. The molecule has 134 valence electrons. The molecule has 0 saturated heterocycles. The van der Waals surface area contributed by atoms with E-state index in [2.05, 4.69) is 10.3 Å². The molecule has 0 fully saturated rings. The second-order valence-electron chi connectivity index (χ2n) is 6.30. The Kier molecular flexibility index (Phi) is 5.07. The molecule has 1 aromatic heterocycles. The highest BCUT2D eigenvalue weighted by molar-refractivity contribution is 5.96. The third-order valence-corrected chi connectivity index (χ3v) is 4.66. The maximum Gasteiger partial charge on any atom is 0.255 e. The van der Waals surface area contributed by atoms with Gasteiger partial charge in [-0.05, 0) is 55.0 Å². The fraction of sp³-hybridized carbons (Fsp3) is 0.238. The molecule has 0 atom stereocenters. The normalized spacial score (nSPS) is 10.7. The molecule has 0 spiro atoms. The standard InChI is InChI=1S/C21H22N2O3/c1-13-8-9-15-12-16(20(24)23-19(15)14(13)2)10-11-22-21(25)17-6-4-5-7-18(17)26-3/h4-9,12H,10-11H2,1-3H3,(H,22,25)(H,23,24). The number of para-hydroxylation sites is 1. The van der Waals surface area contributed by atoms with E-state index in [1.165, 1.54) is 7.11 Å². The van der Waals surface area contributed by atoms with Crippen LogP contribution >= 0.6 is 0 Å². The van der Waals surface area contributed by atoms with Gasteiger partial charge in [0.25, 0.3) is 11.5 Å². The summed E-state index contributed by atoms with van der Waals surface area (Å²) in [5.41, 5.74) is 4.12. The minimum absolute atomic E-state index is 0.113. The molecule has 0 unspecified atom stereocenters. The quantitative estimate of drug-likeness (QED) is 0.743. The molecule has 26 heavy (non-hydrogen) atoms. The molecule has 3 aromatic rings. The molecule has 0 aliphatic rings. The third kappa shape index (κ3) is 3.47. The Bertz CT molecular complexity index is 1020. The van der Waals surface area contributed by atoms with Crippen LogP contribution in [-0.4, -0.2) is 24.5 Å². The number of ether oxygens (including phenoxy) is 1. The molecule has 2 N–H and O–H groups in total. The highest BCUT2D eigenvalue weighted by Gasteiger charge is 2.11. The van der Waals surface area contributed by atoms with Crippen molar-refractivity contribution in [1.82, 2.24) is 10.3 Å². The smallest absolute Gasteiger partial charge is 0.255 e. The van der Waals surface area contributed by atoms with Gasteiger partial charge in [-0.25, -0.2) is 0 Å². The van der Waals surface area contributed by atoms with Crippen molar-refractivity contribution in [2.24, 2.45) is 0 Å². The predicted molar refractivity (Wildman–Crippen MR) is 103 cm³/mol. The second-order valence-corrected chi connectivity index (χ2v) is 6.30. The summed E-state index contributed by atoms with van der Waals surface area (Å²) in [5.74, 6) is 0.311. The average molecular weight is 350 g/mol. The lowest BCUT2D eigenvalue weighted by Crippen LogP contribution is -2.27. The van der Waals surface area contributed by atoms with E-state index in [0.717, 1.165) is 22.0 Å². The van der Waals surface area contributed by atoms with Crippen molar-refractivity contribution in [3.8, 4) is 5.75 Å². The van der Waals surface area contributed by atoms with Gasteiger partial charge in [0, 0.05) is 12.1 Å². The maximum absolute atomic E-state index is 12.4. The SMILES string of the molecule is COc1ccccc1C(=O)NCCc1cc2ccc(C)c(C)c2[nH]c1=O. The monoisotopic (exact) mass is 350 g/mol. The van der Waals surface area contributed by atoms with E-state index >= 15 is 0 Å². The number of benzene rings is 2. The van der Waals surface area contributed by atoms with E-state index in [9.17, 15) is 9.59 Å². The van der Waals surface area contributed by atoms with Gasteiger partial charge < -0.3 is 15.0 Å². The van der Waals surface area contributed by atoms with Gasteiger partial charge in [0.1, 0.15) is 5.75 Å². The number of hydrogen-bond donors (Lipinski definition) is 2. The van der Waals surface area contributed by atoms with Crippen LogP contribution in [0.5, 0.6) is 5.75 Å². The predicted octanol–water partition coefficient (Wildman–Crippen LogP) is 3.13. The topological polar surface area (TPSA) is 71.2 Å². The number of aromatic amines is 1. The lowest BCUT2D eigenvalue weighted by Gasteiger charge is -2.10. The van der Waals surface area contributed by atoms with Crippen LogP contribution in [0.4, 0.5) is 0 Å². The first kappa shape index (κ1) is 17.7. The zero-order valence-electron chi connectivity index (χ0n) is 15.2. The summed E-state index contributed by atoms with van der Waals surface area (Å²) in [7, 11) is 1.53. The Morgan fingerprint density at radius 1 is 1.15 bits per heavy atom. The number of H-pyrrole nitrogens is 1. The fourth-order valence-corrected chi connectivity index (χ4v) is 2.99. The molecule has 5 nitrogen and oxygen atoms in total. The van der Waals surface area contributed by atoms with E-state index in [-0.39, 0.29) is 11.5 Å². The first-order valence-electron chi connectivity index (χ1n) is 8.54. The molecule has 0 bridgehead atoms. The van der Waals surface area contributed by atoms with Crippen molar-refractivity contribution in [2.45, 2.75) is 20.3 Å². The average Bonchev–Trinajstić information content (AvgIpc) is 2.65. The maximum atomic E-state index is 12.4. The number of nitrogens with one attached hydrogen (secondary N) is 2. The number of hydrogen-bond acceptors (Lipinski definition) is 3. The highest BCUT2D eigenvalue weighted by atomic mass is 16.5. The largest absolute Gasteiger partial charge is 0.496 e. The Labute approximate surface area is 152 Å². The molecule has 0 saturated carbocycles. The summed E-state index contributed by atoms with van der Waals surface area (Å²) in [6, 6.07) is 13.0. The molecular weight excluding hydrogens is 328 g/mol. The molecule has 1 heterocycles. The molecule has 0 radical (unpaired) electrons. The lowest BCUT2D eigenvalue weighted by atomic mass is 10.0. The number of methoxy groups -OCH3 is 1. The van der Waals surface area contributed by atoms with E-state index in [0.29, 0.717) is 29.8 Å². The van der Waals surface area contributed by atoms with Gasteiger partial charge in [-0.2, -0.15) is 0 Å². The number of pyridine rings is 1. The summed E-state index contributed by atoms with van der Waals surface area (Å²) in [6.45, 7) is 4.39. The van der Waals surface area contributed by atoms with Gasteiger partial charge in [-0.15, -0.1) is 0 Å². The van der Waals surface area contributed by atoms with Crippen LogP contribution in [0.3, 0.4) is 0 Å². The molecule has 2 aromatic carbocycles. The third-order valence-electron chi connectivity index (χ3n) is 4.66. The first-order valence-corrected chi connectivity index (χ1v) is 8.54. The van der Waals surface area contributed by atoms with Crippen LogP contribution < -0.4 is 15.6 Å². The number of fused-ring (bicyclic) bond motifs is 1. The molecule has 3 rings (SSSR count). The summed E-state index contributed by atoms with van der Waals surface area (Å²) >= 11 is 0. The van der Waals surface area contributed by atoms with Gasteiger partial charge in [0.05, 0.1) is 18.2 Å². The number of amides is 1. The molecule has 0 aliphatic carbocycles. The van der Waals surface area contributed by atoms with Crippen molar-refractivity contribution in [2.75, 3.05) is 13.7 Å². The molecule has 0 aliphatic heterocycles. The molecular formula is C21H22N2O3. The lowest BCUT2D eigenvalue weighted by molar-refractivity contribution is 0.0951. The van der Waals surface area contributed by atoms with Crippen LogP contribution in [0, 0.1) is 13.8 Å². The summed E-state index contributed by atoms with van der Waals surface area (Å²) < 4.78 is 5.20. The van der Waals surface area contributed by atoms with Crippen molar-refractivity contribution < 1.29 is 9.53 Å². The van der Waals surface area contributed by atoms with E-state index < -0.39 is 0 Å². The minimum Gasteiger partial charge on any atom is -0.496 e. The molecule has 1 amide bonds. The van der Waals surface area contributed by atoms with Gasteiger partial charge in [-0.1, -0.05) is 24.3 Å².